The largest absolute Gasteiger partial charge is 0.129 e. The Balaban J connectivity index is 2.93. The lowest BCUT2D eigenvalue weighted by Crippen LogP contribution is -2.17. The second-order valence-corrected chi connectivity index (χ2v) is 17.5. The number of hydrogen-bond donors (Lipinski definition) is 0. The number of rotatable bonds is 3. The van der Waals surface area contributed by atoms with Gasteiger partial charge in [-0.2, -0.15) is 0 Å². The summed E-state index contributed by atoms with van der Waals surface area (Å²) in [5.74, 6) is 3.37. The van der Waals surface area contributed by atoms with Gasteiger partial charge >= 0.3 is 0 Å². The van der Waals surface area contributed by atoms with E-state index < -0.39 is 16.1 Å². The summed E-state index contributed by atoms with van der Waals surface area (Å²) in [6, 6.07) is 9.68. The molecular weight excluding hydrogens is 260 g/mol. The summed E-state index contributed by atoms with van der Waals surface area (Å²) in [5, 5.41) is 0. The van der Waals surface area contributed by atoms with Crippen LogP contribution in [-0.2, 0) is 0 Å². The Kier molecular flexibility index (Phi) is 5.40. The summed E-state index contributed by atoms with van der Waals surface area (Å²) in [6.07, 6.45) is 4.56. The molecule has 1 rings (SSSR count). The molecule has 0 bridgehead atoms. The van der Waals surface area contributed by atoms with E-state index in [1.54, 1.807) is 0 Å². The van der Waals surface area contributed by atoms with E-state index in [0.717, 1.165) is 5.56 Å². The molecule has 0 saturated heterocycles. The molecule has 0 unspecified atom stereocenters. The van der Waals surface area contributed by atoms with Crippen LogP contribution < -0.4 is 0 Å². The number of allylic oxidation sites excluding steroid dienone is 1. The van der Waals surface area contributed by atoms with Gasteiger partial charge in [-0.3, -0.25) is 0 Å². The Labute approximate surface area is 121 Å². The molecule has 0 nitrogen and oxygen atoms in total. The molecule has 2 heteroatoms. The monoisotopic (exact) mass is 286 g/mol. The predicted octanol–water partition coefficient (Wildman–Crippen LogP) is 5.27. The van der Waals surface area contributed by atoms with E-state index >= 15 is 0 Å². The molecular formula is C17H26Si2. The van der Waals surface area contributed by atoms with Crippen molar-refractivity contribution in [1.29, 1.82) is 0 Å². The third kappa shape index (κ3) is 7.20. The fraction of sp³-hybridized carbons (Fsp3) is 0.412. The first kappa shape index (κ1) is 16.0. The van der Waals surface area contributed by atoms with Gasteiger partial charge in [0.25, 0.3) is 0 Å². The molecule has 0 amide bonds. The molecule has 102 valence electrons. The lowest BCUT2D eigenvalue weighted by atomic mass is 10.1. The van der Waals surface area contributed by atoms with Crippen LogP contribution in [0.5, 0.6) is 0 Å². The minimum absolute atomic E-state index is 0.993. The van der Waals surface area contributed by atoms with Crippen LogP contribution in [0.15, 0.2) is 30.3 Å². The summed E-state index contributed by atoms with van der Waals surface area (Å²) in [5.41, 5.74) is 5.87. The van der Waals surface area contributed by atoms with Gasteiger partial charge < -0.3 is 0 Å². The van der Waals surface area contributed by atoms with Gasteiger partial charge in [0.05, 0.1) is 0 Å². The molecule has 0 N–H and O–H groups in total. The average molecular weight is 287 g/mol. The van der Waals surface area contributed by atoms with Gasteiger partial charge in [-0.25, -0.2) is 0 Å². The van der Waals surface area contributed by atoms with Gasteiger partial charge in [0, 0.05) is 13.6 Å². The van der Waals surface area contributed by atoms with Crippen molar-refractivity contribution in [2.45, 2.75) is 45.3 Å². The Morgan fingerprint density at radius 1 is 1.00 bits per heavy atom. The Morgan fingerprint density at radius 3 is 2.21 bits per heavy atom. The number of benzene rings is 1. The average Bonchev–Trinajstić information content (AvgIpc) is 2.25. The first-order valence-corrected chi connectivity index (χ1v) is 14.2. The standard InChI is InChI=1S/C17H26Si2/c1-18(2,3)14-9-12-16-10-7-8-11-17(16)13-15-19(4,5)6/h7-12H,14H2,1-6H3/b12-9+. The van der Waals surface area contributed by atoms with Gasteiger partial charge in [-0.1, -0.05) is 75.6 Å². The van der Waals surface area contributed by atoms with E-state index in [4.69, 9.17) is 0 Å². The lowest BCUT2D eigenvalue weighted by molar-refractivity contribution is 1.51. The van der Waals surface area contributed by atoms with E-state index in [1.807, 2.05) is 0 Å². The molecule has 0 spiro atoms. The molecule has 1 aromatic carbocycles. The summed E-state index contributed by atoms with van der Waals surface area (Å²) >= 11 is 0. The molecule has 0 fully saturated rings. The minimum Gasteiger partial charge on any atom is -0.127 e. The Morgan fingerprint density at radius 2 is 1.63 bits per heavy atom. The molecule has 0 heterocycles. The highest BCUT2D eigenvalue weighted by molar-refractivity contribution is 6.83. The highest BCUT2D eigenvalue weighted by Crippen LogP contribution is 2.14. The van der Waals surface area contributed by atoms with Gasteiger partial charge in [0.2, 0.25) is 0 Å². The normalized spacial score (nSPS) is 12.3. The molecule has 0 saturated carbocycles. The third-order valence-electron chi connectivity index (χ3n) is 2.56. The molecule has 0 radical (unpaired) electrons. The molecule has 0 aliphatic heterocycles. The molecule has 0 aliphatic rings. The van der Waals surface area contributed by atoms with Crippen molar-refractivity contribution in [3.63, 3.8) is 0 Å². The zero-order valence-electron chi connectivity index (χ0n) is 13.2. The van der Waals surface area contributed by atoms with E-state index in [2.05, 4.69) is 87.2 Å². The van der Waals surface area contributed by atoms with Gasteiger partial charge in [-0.15, -0.1) is 5.54 Å². The summed E-state index contributed by atoms with van der Waals surface area (Å²) in [4.78, 5) is 0. The Bertz CT molecular complexity index is 503. The van der Waals surface area contributed by atoms with Crippen molar-refractivity contribution in [2.24, 2.45) is 0 Å². The van der Waals surface area contributed by atoms with Crippen LogP contribution in [0.3, 0.4) is 0 Å². The van der Waals surface area contributed by atoms with Gasteiger partial charge in [0.15, 0.2) is 0 Å². The second kappa shape index (κ2) is 6.41. The van der Waals surface area contributed by atoms with Crippen molar-refractivity contribution < 1.29 is 0 Å². The number of hydrogen-bond acceptors (Lipinski definition) is 0. The maximum absolute atomic E-state index is 3.45. The molecule has 19 heavy (non-hydrogen) atoms. The van der Waals surface area contributed by atoms with Crippen LogP contribution in [0.4, 0.5) is 0 Å². The SMILES string of the molecule is C[Si](C)(C)C#Cc1ccccc1/C=C/C[Si](C)(C)C. The zero-order valence-corrected chi connectivity index (χ0v) is 15.2. The maximum Gasteiger partial charge on any atom is 0.129 e. The van der Waals surface area contributed by atoms with Crippen LogP contribution in [0.1, 0.15) is 11.1 Å². The fourth-order valence-corrected chi connectivity index (χ4v) is 2.89. The minimum atomic E-state index is -1.30. The third-order valence-corrected chi connectivity index (χ3v) is 4.90. The maximum atomic E-state index is 3.45. The highest BCUT2D eigenvalue weighted by atomic mass is 28.3. The fourth-order valence-electron chi connectivity index (χ4n) is 1.55. The van der Waals surface area contributed by atoms with Crippen LogP contribution >= 0.6 is 0 Å². The first-order valence-electron chi connectivity index (χ1n) is 6.96. The van der Waals surface area contributed by atoms with Gasteiger partial charge in [0.1, 0.15) is 8.07 Å². The van der Waals surface area contributed by atoms with Crippen molar-refractivity contribution >= 4 is 22.2 Å². The molecule has 1 aromatic rings. The summed E-state index contributed by atoms with van der Waals surface area (Å²) in [6.45, 7) is 14.0. The lowest BCUT2D eigenvalue weighted by Gasteiger charge is -2.11. The van der Waals surface area contributed by atoms with Crippen molar-refractivity contribution in [2.75, 3.05) is 0 Å². The van der Waals surface area contributed by atoms with Crippen molar-refractivity contribution in [3.8, 4) is 11.5 Å². The van der Waals surface area contributed by atoms with E-state index in [-0.39, 0.29) is 0 Å². The smallest absolute Gasteiger partial charge is 0.127 e. The van der Waals surface area contributed by atoms with E-state index in [1.165, 1.54) is 11.6 Å². The van der Waals surface area contributed by atoms with Crippen LogP contribution in [0.2, 0.25) is 45.3 Å². The van der Waals surface area contributed by atoms with Crippen LogP contribution in [-0.4, -0.2) is 16.1 Å². The van der Waals surface area contributed by atoms with Crippen molar-refractivity contribution in [3.05, 3.63) is 41.5 Å². The topological polar surface area (TPSA) is 0 Å². The van der Waals surface area contributed by atoms with Crippen LogP contribution in [0, 0.1) is 11.5 Å². The van der Waals surface area contributed by atoms with Crippen LogP contribution in [0.25, 0.3) is 6.08 Å². The van der Waals surface area contributed by atoms with Crippen molar-refractivity contribution in [1.82, 2.24) is 0 Å². The molecule has 0 aromatic heterocycles. The Hall–Kier alpha value is -1.05. The summed E-state index contributed by atoms with van der Waals surface area (Å²) < 4.78 is 0. The van der Waals surface area contributed by atoms with E-state index in [0.29, 0.717) is 0 Å². The second-order valence-electron chi connectivity index (χ2n) is 7.25. The first-order chi connectivity index (χ1) is 8.67. The van der Waals surface area contributed by atoms with E-state index in [9.17, 15) is 0 Å². The molecule has 0 atom stereocenters. The zero-order chi connectivity index (χ0) is 14.5. The van der Waals surface area contributed by atoms with Gasteiger partial charge in [-0.05, 0) is 17.7 Å². The molecule has 0 aliphatic carbocycles. The quantitative estimate of drug-likeness (QED) is 0.525. The highest BCUT2D eigenvalue weighted by Gasteiger charge is 2.10. The predicted molar refractivity (Wildman–Crippen MR) is 93.9 cm³/mol. The summed E-state index contributed by atoms with van der Waals surface area (Å²) in [7, 11) is -2.30.